The third kappa shape index (κ3) is 1.91. The van der Waals surface area contributed by atoms with Gasteiger partial charge in [0.15, 0.2) is 0 Å². The van der Waals surface area contributed by atoms with Gasteiger partial charge in [-0.15, -0.1) is 0 Å². The van der Waals surface area contributed by atoms with Crippen LogP contribution in [-0.4, -0.2) is 14.8 Å². The van der Waals surface area contributed by atoms with Crippen molar-refractivity contribution < 1.29 is 0 Å². The monoisotopic (exact) mass is 201 g/mol. The maximum atomic E-state index is 4.37. The summed E-state index contributed by atoms with van der Waals surface area (Å²) in [4.78, 5) is 4.37. The van der Waals surface area contributed by atoms with Crippen LogP contribution in [0, 0.1) is 20.8 Å². The summed E-state index contributed by atoms with van der Waals surface area (Å²) in [6.45, 7) is 6.06. The molecule has 0 saturated heterocycles. The molecule has 0 radical (unpaired) electrons. The summed E-state index contributed by atoms with van der Waals surface area (Å²) in [7, 11) is 1.94. The van der Waals surface area contributed by atoms with E-state index < -0.39 is 0 Å². The van der Waals surface area contributed by atoms with Gasteiger partial charge in [-0.2, -0.15) is 5.10 Å². The van der Waals surface area contributed by atoms with E-state index >= 15 is 0 Å². The van der Waals surface area contributed by atoms with Crippen molar-refractivity contribution in [3.8, 4) is 11.1 Å². The van der Waals surface area contributed by atoms with Crippen molar-refractivity contribution in [3.63, 3.8) is 0 Å². The molecule has 0 aromatic carbocycles. The number of aromatic nitrogens is 3. The molecule has 2 heterocycles. The minimum Gasteiger partial charge on any atom is -0.275 e. The molecule has 0 fully saturated rings. The van der Waals surface area contributed by atoms with Gasteiger partial charge in [-0.3, -0.25) is 9.67 Å². The van der Waals surface area contributed by atoms with Gasteiger partial charge in [0.1, 0.15) is 0 Å². The van der Waals surface area contributed by atoms with E-state index in [4.69, 9.17) is 0 Å². The van der Waals surface area contributed by atoms with Gasteiger partial charge in [0.25, 0.3) is 0 Å². The average Bonchev–Trinajstić information content (AvgIpc) is 2.43. The zero-order chi connectivity index (χ0) is 11.0. The van der Waals surface area contributed by atoms with Crippen molar-refractivity contribution in [1.82, 2.24) is 14.8 Å². The predicted octanol–water partition coefficient (Wildman–Crippen LogP) is 2.41. The molecule has 2 aromatic rings. The highest BCUT2D eigenvalue weighted by atomic mass is 15.2. The van der Waals surface area contributed by atoms with E-state index in [0.29, 0.717) is 0 Å². The molecule has 0 aliphatic carbocycles. The normalized spacial score (nSPS) is 10.7. The Morgan fingerprint density at radius 3 is 2.13 bits per heavy atom. The standard InChI is InChI=1S/C12H15N3/c1-8-5-11(6-9(2)13-8)12-7-15(4)14-10(12)3/h5-7H,1-4H3. The minimum absolute atomic E-state index is 1.05. The third-order valence-electron chi connectivity index (χ3n) is 2.41. The molecular formula is C12H15N3. The van der Waals surface area contributed by atoms with E-state index in [1.165, 1.54) is 11.1 Å². The molecular weight excluding hydrogens is 186 g/mol. The first-order chi connectivity index (χ1) is 7.06. The minimum atomic E-state index is 1.05. The second-order valence-corrected chi connectivity index (χ2v) is 3.94. The lowest BCUT2D eigenvalue weighted by Gasteiger charge is -2.02. The number of nitrogens with zero attached hydrogens (tertiary/aromatic N) is 3. The molecule has 0 aliphatic heterocycles. The fraction of sp³-hybridized carbons (Fsp3) is 0.333. The van der Waals surface area contributed by atoms with E-state index in [1.807, 2.05) is 38.7 Å². The van der Waals surface area contributed by atoms with Crippen LogP contribution in [0.2, 0.25) is 0 Å². The van der Waals surface area contributed by atoms with Crippen LogP contribution in [0.4, 0.5) is 0 Å². The highest BCUT2D eigenvalue weighted by molar-refractivity contribution is 5.65. The molecule has 0 bridgehead atoms. The van der Waals surface area contributed by atoms with Crippen LogP contribution in [0.5, 0.6) is 0 Å². The lowest BCUT2D eigenvalue weighted by Crippen LogP contribution is -1.88. The molecule has 2 rings (SSSR count). The van der Waals surface area contributed by atoms with Crippen LogP contribution in [0.1, 0.15) is 17.1 Å². The lowest BCUT2D eigenvalue weighted by atomic mass is 10.1. The largest absolute Gasteiger partial charge is 0.275 e. The molecule has 0 saturated carbocycles. The number of hydrogen-bond acceptors (Lipinski definition) is 2. The van der Waals surface area contributed by atoms with Gasteiger partial charge in [-0.1, -0.05) is 0 Å². The van der Waals surface area contributed by atoms with E-state index in [2.05, 4.69) is 22.2 Å². The highest BCUT2D eigenvalue weighted by Crippen LogP contribution is 2.23. The molecule has 0 atom stereocenters. The van der Waals surface area contributed by atoms with Crippen molar-refractivity contribution in [1.29, 1.82) is 0 Å². The summed E-state index contributed by atoms with van der Waals surface area (Å²) >= 11 is 0. The molecule has 0 unspecified atom stereocenters. The summed E-state index contributed by atoms with van der Waals surface area (Å²) in [5, 5.41) is 4.34. The van der Waals surface area contributed by atoms with Crippen molar-refractivity contribution >= 4 is 0 Å². The molecule has 15 heavy (non-hydrogen) atoms. The molecule has 3 nitrogen and oxygen atoms in total. The lowest BCUT2D eigenvalue weighted by molar-refractivity contribution is 0.756. The van der Waals surface area contributed by atoms with Crippen LogP contribution < -0.4 is 0 Å². The van der Waals surface area contributed by atoms with Crippen LogP contribution in [-0.2, 0) is 7.05 Å². The highest BCUT2D eigenvalue weighted by Gasteiger charge is 2.06. The van der Waals surface area contributed by atoms with Crippen molar-refractivity contribution in [2.45, 2.75) is 20.8 Å². The van der Waals surface area contributed by atoms with E-state index in [-0.39, 0.29) is 0 Å². The number of hydrogen-bond donors (Lipinski definition) is 0. The molecule has 0 amide bonds. The van der Waals surface area contributed by atoms with Crippen LogP contribution in [0.15, 0.2) is 18.3 Å². The first-order valence-electron chi connectivity index (χ1n) is 5.02. The topological polar surface area (TPSA) is 30.7 Å². The fourth-order valence-corrected chi connectivity index (χ4v) is 1.87. The molecule has 0 aliphatic rings. The molecule has 78 valence electrons. The van der Waals surface area contributed by atoms with Crippen LogP contribution in [0.3, 0.4) is 0 Å². The Hall–Kier alpha value is -1.64. The Balaban J connectivity index is 2.58. The van der Waals surface area contributed by atoms with Gasteiger partial charge in [0.2, 0.25) is 0 Å². The van der Waals surface area contributed by atoms with E-state index in [9.17, 15) is 0 Å². The molecule has 0 N–H and O–H groups in total. The Kier molecular flexibility index (Phi) is 2.31. The Bertz CT molecular complexity index is 477. The second kappa shape index (κ2) is 3.50. The van der Waals surface area contributed by atoms with E-state index in [1.54, 1.807) is 0 Å². The maximum Gasteiger partial charge on any atom is 0.0671 e. The summed E-state index contributed by atoms with van der Waals surface area (Å²) in [5.41, 5.74) is 5.54. The van der Waals surface area contributed by atoms with Crippen molar-refractivity contribution in [2.75, 3.05) is 0 Å². The summed E-state index contributed by atoms with van der Waals surface area (Å²) in [6.07, 6.45) is 2.05. The van der Waals surface area contributed by atoms with Gasteiger partial charge in [0.05, 0.1) is 5.69 Å². The third-order valence-corrected chi connectivity index (χ3v) is 2.41. The smallest absolute Gasteiger partial charge is 0.0671 e. The number of aryl methyl sites for hydroxylation is 4. The quantitative estimate of drug-likeness (QED) is 0.709. The zero-order valence-electron chi connectivity index (χ0n) is 9.57. The van der Waals surface area contributed by atoms with E-state index in [0.717, 1.165) is 17.1 Å². The zero-order valence-corrected chi connectivity index (χ0v) is 9.57. The summed E-state index contributed by atoms with van der Waals surface area (Å²) in [6, 6.07) is 4.19. The van der Waals surface area contributed by atoms with Gasteiger partial charge < -0.3 is 0 Å². The molecule has 0 spiro atoms. The average molecular weight is 201 g/mol. The van der Waals surface area contributed by atoms with Crippen molar-refractivity contribution in [2.24, 2.45) is 7.05 Å². The van der Waals surface area contributed by atoms with Crippen LogP contribution in [0.25, 0.3) is 11.1 Å². The van der Waals surface area contributed by atoms with Gasteiger partial charge in [-0.25, -0.2) is 0 Å². The van der Waals surface area contributed by atoms with Crippen LogP contribution >= 0.6 is 0 Å². The van der Waals surface area contributed by atoms with Gasteiger partial charge in [-0.05, 0) is 38.5 Å². The first-order valence-corrected chi connectivity index (χ1v) is 5.02. The van der Waals surface area contributed by atoms with Gasteiger partial charge in [0, 0.05) is 30.2 Å². The SMILES string of the molecule is Cc1cc(-c2cn(C)nc2C)cc(C)n1. The maximum absolute atomic E-state index is 4.37. The predicted molar refractivity (Wildman–Crippen MR) is 60.7 cm³/mol. The first kappa shape index (κ1) is 9.90. The molecule has 3 heteroatoms. The molecule has 2 aromatic heterocycles. The summed E-state index contributed by atoms with van der Waals surface area (Å²) < 4.78 is 1.84. The fourth-order valence-electron chi connectivity index (χ4n) is 1.87. The van der Waals surface area contributed by atoms with Crippen molar-refractivity contribution in [3.05, 3.63) is 35.4 Å². The Labute approximate surface area is 89.8 Å². The number of pyridine rings is 1. The Morgan fingerprint density at radius 1 is 1.07 bits per heavy atom. The second-order valence-electron chi connectivity index (χ2n) is 3.94. The summed E-state index contributed by atoms with van der Waals surface area (Å²) in [5.74, 6) is 0. The van der Waals surface area contributed by atoms with Gasteiger partial charge >= 0.3 is 0 Å². The number of rotatable bonds is 1. The Morgan fingerprint density at radius 2 is 1.67 bits per heavy atom.